The molecule has 0 aliphatic heterocycles. The largest absolute Gasteiger partial charge is 0.488 e. The Morgan fingerprint density at radius 3 is 2.33 bits per heavy atom. The van der Waals surface area contributed by atoms with Crippen molar-refractivity contribution in [1.29, 1.82) is 0 Å². The van der Waals surface area contributed by atoms with Crippen LogP contribution in [-0.2, 0) is 4.74 Å². The summed E-state index contributed by atoms with van der Waals surface area (Å²) in [5, 5.41) is 0. The third-order valence-electron chi connectivity index (χ3n) is 4.07. The van der Waals surface area contributed by atoms with Crippen LogP contribution in [-0.4, -0.2) is 5.60 Å². The van der Waals surface area contributed by atoms with Crippen molar-refractivity contribution in [2.75, 3.05) is 0 Å². The first kappa shape index (κ1) is 13.2. The molecule has 0 atom stereocenters. The zero-order valence-corrected chi connectivity index (χ0v) is 11.6. The van der Waals surface area contributed by atoms with Crippen LogP contribution in [0.3, 0.4) is 0 Å². The molecule has 1 fully saturated rings. The van der Waals surface area contributed by atoms with Crippen LogP contribution in [0.2, 0.25) is 0 Å². The van der Waals surface area contributed by atoms with Gasteiger partial charge in [0.05, 0.1) is 0 Å². The van der Waals surface area contributed by atoms with E-state index < -0.39 is 0 Å². The van der Waals surface area contributed by atoms with Gasteiger partial charge in [-0.15, -0.1) is 0 Å². The van der Waals surface area contributed by atoms with Crippen LogP contribution in [0.4, 0.5) is 0 Å². The number of rotatable bonds is 4. The van der Waals surface area contributed by atoms with E-state index in [4.69, 9.17) is 4.74 Å². The van der Waals surface area contributed by atoms with E-state index in [1.807, 2.05) is 18.2 Å². The molecule has 1 heteroatoms. The SMILES string of the molecule is C=C(OC(C)(C)C1CCCCC1)c1ccccc1. The van der Waals surface area contributed by atoms with Gasteiger partial charge in [0.1, 0.15) is 11.4 Å². The Bertz CT molecular complexity index is 385. The van der Waals surface area contributed by atoms with Crippen LogP contribution < -0.4 is 0 Å². The maximum Gasteiger partial charge on any atom is 0.120 e. The average Bonchev–Trinajstić information content (AvgIpc) is 2.40. The lowest BCUT2D eigenvalue weighted by atomic mass is 9.78. The van der Waals surface area contributed by atoms with Crippen LogP contribution in [0.15, 0.2) is 36.9 Å². The highest BCUT2D eigenvalue weighted by Gasteiger charge is 2.32. The minimum Gasteiger partial charge on any atom is -0.488 e. The minimum absolute atomic E-state index is 0.104. The number of hydrogen-bond donors (Lipinski definition) is 0. The molecule has 0 radical (unpaired) electrons. The van der Waals surface area contributed by atoms with Gasteiger partial charge < -0.3 is 4.74 Å². The summed E-state index contributed by atoms with van der Waals surface area (Å²) in [4.78, 5) is 0. The van der Waals surface area contributed by atoms with Crippen molar-refractivity contribution in [3.05, 3.63) is 42.5 Å². The third-order valence-corrected chi connectivity index (χ3v) is 4.07. The van der Waals surface area contributed by atoms with Crippen molar-refractivity contribution in [3.63, 3.8) is 0 Å². The molecule has 0 unspecified atom stereocenters. The number of hydrogen-bond acceptors (Lipinski definition) is 1. The average molecular weight is 244 g/mol. The zero-order chi connectivity index (χ0) is 13.0. The van der Waals surface area contributed by atoms with Gasteiger partial charge in [-0.1, -0.05) is 56.2 Å². The molecule has 0 saturated heterocycles. The molecular weight excluding hydrogens is 220 g/mol. The molecule has 1 aliphatic carbocycles. The fourth-order valence-corrected chi connectivity index (χ4v) is 2.88. The molecule has 0 aromatic heterocycles. The second-order valence-electron chi connectivity index (χ2n) is 5.83. The summed E-state index contributed by atoms with van der Waals surface area (Å²) >= 11 is 0. The van der Waals surface area contributed by atoms with Gasteiger partial charge in [0.25, 0.3) is 0 Å². The van der Waals surface area contributed by atoms with Gasteiger partial charge in [-0.05, 0) is 32.6 Å². The van der Waals surface area contributed by atoms with Crippen LogP contribution >= 0.6 is 0 Å². The Labute approximate surface area is 111 Å². The highest BCUT2D eigenvalue weighted by atomic mass is 16.5. The Balaban J connectivity index is 2.01. The first-order valence-electron chi connectivity index (χ1n) is 7.03. The van der Waals surface area contributed by atoms with E-state index in [2.05, 4.69) is 32.6 Å². The Morgan fingerprint density at radius 2 is 1.72 bits per heavy atom. The molecule has 1 nitrogen and oxygen atoms in total. The van der Waals surface area contributed by atoms with Crippen molar-refractivity contribution >= 4 is 5.76 Å². The molecule has 98 valence electrons. The van der Waals surface area contributed by atoms with Crippen molar-refractivity contribution in [3.8, 4) is 0 Å². The minimum atomic E-state index is -0.104. The molecule has 1 aromatic carbocycles. The Morgan fingerprint density at radius 1 is 1.11 bits per heavy atom. The molecule has 1 aromatic rings. The molecule has 0 N–H and O–H groups in total. The number of benzene rings is 1. The summed E-state index contributed by atoms with van der Waals surface area (Å²) in [6.45, 7) is 8.49. The molecule has 2 rings (SSSR count). The molecule has 0 bridgehead atoms. The van der Waals surface area contributed by atoms with Crippen LogP contribution in [0.25, 0.3) is 5.76 Å². The molecule has 18 heavy (non-hydrogen) atoms. The lowest BCUT2D eigenvalue weighted by molar-refractivity contribution is 0.00115. The quantitative estimate of drug-likeness (QED) is 0.675. The fraction of sp³-hybridized carbons (Fsp3) is 0.529. The molecular formula is C17H24O. The summed E-state index contributed by atoms with van der Waals surface area (Å²) in [6.07, 6.45) is 6.64. The van der Waals surface area contributed by atoms with Gasteiger partial charge in [0, 0.05) is 5.56 Å². The molecule has 1 saturated carbocycles. The molecule has 0 amide bonds. The van der Waals surface area contributed by atoms with Gasteiger partial charge in [0.2, 0.25) is 0 Å². The maximum atomic E-state index is 6.17. The summed E-state index contributed by atoms with van der Waals surface area (Å²) in [5.74, 6) is 1.46. The topological polar surface area (TPSA) is 9.23 Å². The van der Waals surface area contributed by atoms with Gasteiger partial charge in [-0.3, -0.25) is 0 Å². The normalized spacial score (nSPS) is 17.4. The zero-order valence-electron chi connectivity index (χ0n) is 11.6. The van der Waals surface area contributed by atoms with Crippen molar-refractivity contribution in [2.45, 2.75) is 51.6 Å². The summed E-state index contributed by atoms with van der Waals surface area (Å²) in [7, 11) is 0. The lowest BCUT2D eigenvalue weighted by Crippen LogP contribution is -2.35. The van der Waals surface area contributed by atoms with Gasteiger partial charge in [0.15, 0.2) is 0 Å². The monoisotopic (exact) mass is 244 g/mol. The Hall–Kier alpha value is -1.24. The van der Waals surface area contributed by atoms with Crippen LogP contribution in [0, 0.1) is 5.92 Å². The number of ether oxygens (including phenoxy) is 1. The van der Waals surface area contributed by atoms with E-state index in [0.29, 0.717) is 5.92 Å². The van der Waals surface area contributed by atoms with E-state index in [1.165, 1.54) is 32.1 Å². The van der Waals surface area contributed by atoms with Gasteiger partial charge in [-0.2, -0.15) is 0 Å². The van der Waals surface area contributed by atoms with E-state index in [1.54, 1.807) is 0 Å². The second kappa shape index (κ2) is 5.60. The summed E-state index contributed by atoms with van der Waals surface area (Å²) < 4.78 is 6.17. The first-order valence-corrected chi connectivity index (χ1v) is 7.03. The van der Waals surface area contributed by atoms with E-state index >= 15 is 0 Å². The van der Waals surface area contributed by atoms with E-state index in [-0.39, 0.29) is 5.60 Å². The molecule has 0 heterocycles. The highest BCUT2D eigenvalue weighted by molar-refractivity contribution is 5.57. The predicted octanol–water partition coefficient (Wildman–Crippen LogP) is 5.03. The van der Waals surface area contributed by atoms with Crippen molar-refractivity contribution in [2.24, 2.45) is 5.92 Å². The first-order chi connectivity index (χ1) is 8.59. The predicted molar refractivity (Wildman–Crippen MR) is 77.2 cm³/mol. The Kier molecular flexibility index (Phi) is 4.11. The second-order valence-corrected chi connectivity index (χ2v) is 5.83. The summed E-state index contributed by atoms with van der Waals surface area (Å²) in [5.41, 5.74) is 0.981. The molecule has 0 spiro atoms. The smallest absolute Gasteiger partial charge is 0.120 e. The van der Waals surface area contributed by atoms with Crippen LogP contribution in [0.5, 0.6) is 0 Å². The third kappa shape index (κ3) is 3.16. The molecule has 1 aliphatic rings. The standard InChI is InChI=1S/C17H24O/c1-14(15-10-6-4-7-11-15)18-17(2,3)16-12-8-5-9-13-16/h4,6-7,10-11,16H,1,5,8-9,12-13H2,2-3H3. The van der Waals surface area contributed by atoms with Gasteiger partial charge in [-0.25, -0.2) is 0 Å². The van der Waals surface area contributed by atoms with Gasteiger partial charge >= 0.3 is 0 Å². The van der Waals surface area contributed by atoms with Crippen LogP contribution in [0.1, 0.15) is 51.5 Å². The van der Waals surface area contributed by atoms with E-state index in [0.717, 1.165) is 11.3 Å². The maximum absolute atomic E-state index is 6.17. The van der Waals surface area contributed by atoms with Crippen molar-refractivity contribution < 1.29 is 4.74 Å². The fourth-order valence-electron chi connectivity index (χ4n) is 2.88. The highest BCUT2D eigenvalue weighted by Crippen LogP contribution is 2.37. The van der Waals surface area contributed by atoms with Crippen molar-refractivity contribution in [1.82, 2.24) is 0 Å². The lowest BCUT2D eigenvalue weighted by Gasteiger charge is -2.38. The van der Waals surface area contributed by atoms with E-state index in [9.17, 15) is 0 Å². The summed E-state index contributed by atoms with van der Waals surface area (Å²) in [6, 6.07) is 10.2.